The molecule has 0 aliphatic carbocycles. The van der Waals surface area contributed by atoms with Gasteiger partial charge in [-0.1, -0.05) is 0 Å². The zero-order chi connectivity index (χ0) is 10.6. The lowest BCUT2D eigenvalue weighted by Gasteiger charge is -2.23. The van der Waals surface area contributed by atoms with Crippen molar-refractivity contribution >= 4 is 0 Å². The van der Waals surface area contributed by atoms with Gasteiger partial charge in [0.1, 0.15) is 0 Å². The first-order valence-corrected chi connectivity index (χ1v) is 5.66. The summed E-state index contributed by atoms with van der Waals surface area (Å²) >= 11 is 0. The third-order valence-electron chi connectivity index (χ3n) is 3.14. The van der Waals surface area contributed by atoms with Gasteiger partial charge in [-0.05, 0) is 47.0 Å². The van der Waals surface area contributed by atoms with Crippen LogP contribution < -0.4 is 5.32 Å². The van der Waals surface area contributed by atoms with Crippen LogP contribution in [-0.2, 0) is 0 Å². The molecule has 0 bridgehead atoms. The van der Waals surface area contributed by atoms with Gasteiger partial charge in [-0.3, -0.25) is 0 Å². The summed E-state index contributed by atoms with van der Waals surface area (Å²) in [7, 11) is 6.48. The van der Waals surface area contributed by atoms with Gasteiger partial charge in [-0.2, -0.15) is 0 Å². The van der Waals surface area contributed by atoms with E-state index in [9.17, 15) is 0 Å². The molecule has 0 aromatic carbocycles. The summed E-state index contributed by atoms with van der Waals surface area (Å²) in [6.07, 6.45) is 1.37. The first kappa shape index (κ1) is 12.0. The van der Waals surface area contributed by atoms with E-state index in [1.165, 1.54) is 26.1 Å². The minimum Gasteiger partial charge on any atom is -0.316 e. The fraction of sp³-hybridized carbons (Fsp3) is 1.00. The molecule has 1 rings (SSSR count). The lowest BCUT2D eigenvalue weighted by atomic mass is 10.1. The quantitative estimate of drug-likeness (QED) is 0.695. The summed E-state index contributed by atoms with van der Waals surface area (Å²) in [5.74, 6) is 0.883. The molecule has 1 aliphatic rings. The Kier molecular flexibility index (Phi) is 4.85. The summed E-state index contributed by atoms with van der Waals surface area (Å²) < 4.78 is 0. The number of rotatable bonds is 5. The largest absolute Gasteiger partial charge is 0.316 e. The summed E-state index contributed by atoms with van der Waals surface area (Å²) in [6, 6.07) is 0.596. The maximum absolute atomic E-state index is 3.28. The number of likely N-dealkylation sites (N-methyl/N-ethyl adjacent to an activating group) is 2. The minimum absolute atomic E-state index is 0.596. The van der Waals surface area contributed by atoms with Crippen molar-refractivity contribution in [3.63, 3.8) is 0 Å². The Bertz CT molecular complexity index is 161. The van der Waals surface area contributed by atoms with Crippen LogP contribution in [0.5, 0.6) is 0 Å². The smallest absolute Gasteiger partial charge is 0.0163 e. The molecule has 2 atom stereocenters. The van der Waals surface area contributed by atoms with Gasteiger partial charge in [-0.15, -0.1) is 0 Å². The predicted octanol–water partition coefficient (Wildman–Crippen LogP) is 0.478. The average Bonchev–Trinajstić information content (AvgIpc) is 2.50. The Morgan fingerprint density at radius 1 is 1.57 bits per heavy atom. The lowest BCUT2D eigenvalue weighted by Crippen LogP contribution is -2.38. The van der Waals surface area contributed by atoms with Crippen molar-refractivity contribution < 1.29 is 0 Å². The van der Waals surface area contributed by atoms with Crippen molar-refractivity contribution in [3.8, 4) is 0 Å². The summed E-state index contributed by atoms with van der Waals surface area (Å²) in [6.45, 7) is 7.18. The molecule has 1 fully saturated rings. The molecule has 0 aromatic heterocycles. The van der Waals surface area contributed by atoms with E-state index >= 15 is 0 Å². The van der Waals surface area contributed by atoms with Gasteiger partial charge in [0.2, 0.25) is 0 Å². The van der Waals surface area contributed by atoms with Gasteiger partial charge in [0.15, 0.2) is 0 Å². The van der Waals surface area contributed by atoms with E-state index < -0.39 is 0 Å². The molecule has 0 saturated carbocycles. The molecule has 1 aliphatic heterocycles. The summed E-state index contributed by atoms with van der Waals surface area (Å²) in [5.41, 5.74) is 0. The van der Waals surface area contributed by atoms with E-state index in [2.05, 4.69) is 36.1 Å². The molecule has 14 heavy (non-hydrogen) atoms. The number of hydrogen-bond acceptors (Lipinski definition) is 3. The zero-order valence-corrected chi connectivity index (χ0v) is 10.1. The Balaban J connectivity index is 2.16. The highest BCUT2D eigenvalue weighted by atomic mass is 15.2. The van der Waals surface area contributed by atoms with Crippen LogP contribution >= 0.6 is 0 Å². The van der Waals surface area contributed by atoms with Crippen LogP contribution in [0.3, 0.4) is 0 Å². The normalized spacial score (nSPS) is 25.9. The monoisotopic (exact) mass is 199 g/mol. The topological polar surface area (TPSA) is 18.5 Å². The fourth-order valence-electron chi connectivity index (χ4n) is 2.25. The van der Waals surface area contributed by atoms with Crippen LogP contribution in [-0.4, -0.2) is 63.2 Å². The van der Waals surface area contributed by atoms with Crippen LogP contribution in [0.25, 0.3) is 0 Å². The summed E-state index contributed by atoms with van der Waals surface area (Å²) in [4.78, 5) is 4.88. The van der Waals surface area contributed by atoms with Crippen LogP contribution in [0.2, 0.25) is 0 Å². The summed E-state index contributed by atoms with van der Waals surface area (Å²) in [5, 5.41) is 3.28. The van der Waals surface area contributed by atoms with E-state index in [0.717, 1.165) is 12.5 Å². The van der Waals surface area contributed by atoms with Gasteiger partial charge in [0.05, 0.1) is 0 Å². The highest BCUT2D eigenvalue weighted by molar-refractivity contribution is 4.76. The van der Waals surface area contributed by atoms with Crippen molar-refractivity contribution in [2.75, 3.05) is 47.3 Å². The van der Waals surface area contributed by atoms with Gasteiger partial charge in [0.25, 0.3) is 0 Å². The standard InChI is InChI=1S/C11H25N3/c1-10(12-2)7-14(4)9-11-5-6-13(3)8-11/h10-12H,5-9H2,1-4H3. The molecule has 84 valence electrons. The molecular weight excluding hydrogens is 174 g/mol. The maximum atomic E-state index is 3.28. The molecule has 0 spiro atoms. The Labute approximate surface area is 88.5 Å². The molecule has 0 amide bonds. The molecule has 1 N–H and O–H groups in total. The predicted molar refractivity (Wildman–Crippen MR) is 61.6 cm³/mol. The molecule has 1 heterocycles. The van der Waals surface area contributed by atoms with Crippen LogP contribution in [0.4, 0.5) is 0 Å². The highest BCUT2D eigenvalue weighted by Gasteiger charge is 2.20. The second kappa shape index (κ2) is 5.69. The van der Waals surface area contributed by atoms with Gasteiger partial charge < -0.3 is 15.1 Å². The zero-order valence-electron chi connectivity index (χ0n) is 10.1. The van der Waals surface area contributed by atoms with E-state index in [1.54, 1.807) is 0 Å². The van der Waals surface area contributed by atoms with Crippen molar-refractivity contribution in [2.24, 2.45) is 5.92 Å². The molecule has 0 aromatic rings. The average molecular weight is 199 g/mol. The van der Waals surface area contributed by atoms with E-state index in [-0.39, 0.29) is 0 Å². The molecule has 3 heteroatoms. The van der Waals surface area contributed by atoms with E-state index in [1.807, 2.05) is 7.05 Å². The Morgan fingerprint density at radius 3 is 2.79 bits per heavy atom. The van der Waals surface area contributed by atoms with Crippen LogP contribution in [0.15, 0.2) is 0 Å². The molecule has 0 radical (unpaired) electrons. The fourth-order valence-corrected chi connectivity index (χ4v) is 2.25. The first-order valence-electron chi connectivity index (χ1n) is 5.66. The van der Waals surface area contributed by atoms with Crippen molar-refractivity contribution in [2.45, 2.75) is 19.4 Å². The number of nitrogens with zero attached hydrogens (tertiary/aromatic N) is 2. The van der Waals surface area contributed by atoms with E-state index in [0.29, 0.717) is 6.04 Å². The minimum atomic E-state index is 0.596. The third-order valence-corrected chi connectivity index (χ3v) is 3.14. The van der Waals surface area contributed by atoms with E-state index in [4.69, 9.17) is 0 Å². The van der Waals surface area contributed by atoms with Gasteiger partial charge >= 0.3 is 0 Å². The van der Waals surface area contributed by atoms with Crippen molar-refractivity contribution in [3.05, 3.63) is 0 Å². The number of hydrogen-bond donors (Lipinski definition) is 1. The maximum Gasteiger partial charge on any atom is 0.0163 e. The second-order valence-electron chi connectivity index (χ2n) is 4.83. The third kappa shape index (κ3) is 3.95. The highest BCUT2D eigenvalue weighted by Crippen LogP contribution is 2.14. The SMILES string of the molecule is CNC(C)CN(C)CC1CCN(C)C1. The molecular formula is C11H25N3. The molecule has 1 saturated heterocycles. The molecule has 2 unspecified atom stereocenters. The Hall–Kier alpha value is -0.120. The number of likely N-dealkylation sites (tertiary alicyclic amines) is 1. The van der Waals surface area contributed by atoms with Crippen molar-refractivity contribution in [1.29, 1.82) is 0 Å². The number of nitrogens with one attached hydrogen (secondary N) is 1. The van der Waals surface area contributed by atoms with Crippen LogP contribution in [0, 0.1) is 5.92 Å². The van der Waals surface area contributed by atoms with Crippen LogP contribution in [0.1, 0.15) is 13.3 Å². The Morgan fingerprint density at radius 2 is 2.29 bits per heavy atom. The van der Waals surface area contributed by atoms with Gasteiger partial charge in [-0.25, -0.2) is 0 Å². The molecule has 3 nitrogen and oxygen atoms in total. The first-order chi connectivity index (χ1) is 6.61. The van der Waals surface area contributed by atoms with Gasteiger partial charge in [0, 0.05) is 25.7 Å². The lowest BCUT2D eigenvalue weighted by molar-refractivity contribution is 0.255. The second-order valence-corrected chi connectivity index (χ2v) is 4.83. The van der Waals surface area contributed by atoms with Crippen molar-refractivity contribution in [1.82, 2.24) is 15.1 Å².